The standard InChI is InChI=1S/C18H10Cl2FN3/c19-10-3-5-13-14(8-10)12-2-1-7-22-17(12)24-18(13)23-11-4-6-16(21)15(20)9-11/h1-9H,(H,22,23,24). The molecule has 0 aliphatic carbocycles. The maximum atomic E-state index is 13.3. The molecule has 0 fully saturated rings. The van der Waals surface area contributed by atoms with Crippen LogP contribution >= 0.6 is 23.2 Å². The minimum atomic E-state index is -0.466. The number of anilines is 2. The van der Waals surface area contributed by atoms with E-state index in [0.29, 0.717) is 22.2 Å². The van der Waals surface area contributed by atoms with Gasteiger partial charge in [-0.25, -0.2) is 14.4 Å². The van der Waals surface area contributed by atoms with Gasteiger partial charge in [0, 0.05) is 27.7 Å². The van der Waals surface area contributed by atoms with Crippen LogP contribution in [0.4, 0.5) is 15.9 Å². The van der Waals surface area contributed by atoms with Gasteiger partial charge < -0.3 is 5.32 Å². The first-order valence-electron chi connectivity index (χ1n) is 7.18. The van der Waals surface area contributed by atoms with Crippen LogP contribution in [0.25, 0.3) is 21.8 Å². The summed E-state index contributed by atoms with van der Waals surface area (Å²) in [6.45, 7) is 0. The van der Waals surface area contributed by atoms with Crippen LogP contribution < -0.4 is 5.32 Å². The van der Waals surface area contributed by atoms with E-state index in [1.54, 1.807) is 18.3 Å². The summed E-state index contributed by atoms with van der Waals surface area (Å²) in [6, 6.07) is 13.8. The second kappa shape index (κ2) is 5.89. The van der Waals surface area contributed by atoms with Crippen LogP contribution in [0.1, 0.15) is 0 Å². The lowest BCUT2D eigenvalue weighted by Gasteiger charge is -2.12. The number of halogens is 3. The molecule has 0 aliphatic heterocycles. The zero-order valence-corrected chi connectivity index (χ0v) is 13.7. The van der Waals surface area contributed by atoms with Crippen molar-refractivity contribution >= 4 is 56.5 Å². The van der Waals surface area contributed by atoms with Gasteiger partial charge in [-0.15, -0.1) is 0 Å². The zero-order valence-electron chi connectivity index (χ0n) is 12.2. The highest BCUT2D eigenvalue weighted by Crippen LogP contribution is 2.32. The number of hydrogen-bond donors (Lipinski definition) is 1. The molecule has 0 atom stereocenters. The molecular weight excluding hydrogens is 348 g/mol. The third-order valence-corrected chi connectivity index (χ3v) is 4.24. The Bertz CT molecular complexity index is 1080. The van der Waals surface area contributed by atoms with Crippen molar-refractivity contribution < 1.29 is 4.39 Å². The molecule has 1 N–H and O–H groups in total. The van der Waals surface area contributed by atoms with Gasteiger partial charge in [0.1, 0.15) is 11.6 Å². The lowest BCUT2D eigenvalue weighted by molar-refractivity contribution is 0.628. The number of benzene rings is 2. The normalized spacial score (nSPS) is 11.1. The fourth-order valence-corrected chi connectivity index (χ4v) is 2.97. The SMILES string of the molecule is Fc1ccc(Nc2nc3ncccc3c3cc(Cl)ccc23)cc1Cl. The Morgan fingerprint density at radius 1 is 0.917 bits per heavy atom. The molecule has 0 saturated carbocycles. The van der Waals surface area contributed by atoms with Crippen molar-refractivity contribution in [2.45, 2.75) is 0 Å². The van der Waals surface area contributed by atoms with E-state index in [9.17, 15) is 4.39 Å². The molecule has 4 rings (SSSR count). The van der Waals surface area contributed by atoms with Gasteiger partial charge in [0.15, 0.2) is 5.65 Å². The summed E-state index contributed by atoms with van der Waals surface area (Å²) >= 11 is 12.0. The van der Waals surface area contributed by atoms with Gasteiger partial charge in [-0.1, -0.05) is 23.2 Å². The molecule has 2 aromatic heterocycles. The maximum absolute atomic E-state index is 13.3. The van der Waals surface area contributed by atoms with Crippen molar-refractivity contribution in [3.8, 4) is 0 Å². The first-order valence-corrected chi connectivity index (χ1v) is 7.93. The van der Waals surface area contributed by atoms with Crippen molar-refractivity contribution in [2.24, 2.45) is 0 Å². The number of aromatic nitrogens is 2. The lowest BCUT2D eigenvalue weighted by atomic mass is 10.1. The number of pyridine rings is 2. The fraction of sp³-hybridized carbons (Fsp3) is 0. The fourth-order valence-electron chi connectivity index (χ4n) is 2.61. The second-order valence-electron chi connectivity index (χ2n) is 5.28. The molecule has 0 saturated heterocycles. The van der Waals surface area contributed by atoms with Crippen LogP contribution in [0.15, 0.2) is 54.7 Å². The summed E-state index contributed by atoms with van der Waals surface area (Å²) in [5.74, 6) is 0.141. The predicted molar refractivity (Wildman–Crippen MR) is 96.7 cm³/mol. The summed E-state index contributed by atoms with van der Waals surface area (Å²) in [5.41, 5.74) is 1.24. The van der Waals surface area contributed by atoms with Gasteiger partial charge in [-0.3, -0.25) is 0 Å². The smallest absolute Gasteiger partial charge is 0.162 e. The van der Waals surface area contributed by atoms with Crippen LogP contribution in [0, 0.1) is 5.82 Å². The van der Waals surface area contributed by atoms with Crippen molar-refractivity contribution in [1.29, 1.82) is 0 Å². The average Bonchev–Trinajstić information content (AvgIpc) is 2.58. The molecule has 0 aliphatic rings. The van der Waals surface area contributed by atoms with Crippen LogP contribution in [-0.2, 0) is 0 Å². The van der Waals surface area contributed by atoms with Crippen LogP contribution in [0.2, 0.25) is 10.0 Å². The largest absolute Gasteiger partial charge is 0.340 e. The van der Waals surface area contributed by atoms with E-state index in [-0.39, 0.29) is 5.02 Å². The summed E-state index contributed by atoms with van der Waals surface area (Å²) in [7, 11) is 0. The third-order valence-electron chi connectivity index (χ3n) is 3.71. The Morgan fingerprint density at radius 3 is 2.62 bits per heavy atom. The molecule has 4 aromatic rings. The van der Waals surface area contributed by atoms with E-state index in [1.807, 2.05) is 24.3 Å². The molecule has 3 nitrogen and oxygen atoms in total. The summed E-state index contributed by atoms with van der Waals surface area (Å²) in [4.78, 5) is 8.89. The molecule has 0 spiro atoms. The molecule has 2 aromatic carbocycles. The van der Waals surface area contributed by atoms with Gasteiger partial charge in [0.25, 0.3) is 0 Å². The third kappa shape index (κ3) is 2.64. The van der Waals surface area contributed by atoms with E-state index >= 15 is 0 Å². The molecule has 2 heterocycles. The number of fused-ring (bicyclic) bond motifs is 3. The number of nitrogens with zero attached hydrogens (tertiary/aromatic N) is 2. The minimum Gasteiger partial charge on any atom is -0.340 e. The van der Waals surface area contributed by atoms with Crippen molar-refractivity contribution in [3.05, 3.63) is 70.6 Å². The monoisotopic (exact) mass is 357 g/mol. The highest BCUT2D eigenvalue weighted by molar-refractivity contribution is 6.32. The second-order valence-corrected chi connectivity index (χ2v) is 6.12. The highest BCUT2D eigenvalue weighted by atomic mass is 35.5. The van der Waals surface area contributed by atoms with Crippen molar-refractivity contribution in [1.82, 2.24) is 9.97 Å². The van der Waals surface area contributed by atoms with Crippen molar-refractivity contribution in [3.63, 3.8) is 0 Å². The maximum Gasteiger partial charge on any atom is 0.162 e. The molecular formula is C18H10Cl2FN3. The Labute approximate surface area is 147 Å². The Kier molecular flexibility index (Phi) is 3.71. The average molecular weight is 358 g/mol. The molecule has 0 radical (unpaired) electrons. The Morgan fingerprint density at radius 2 is 1.79 bits per heavy atom. The van der Waals surface area contributed by atoms with E-state index < -0.39 is 5.82 Å². The topological polar surface area (TPSA) is 37.8 Å². The molecule has 0 unspecified atom stereocenters. The number of hydrogen-bond acceptors (Lipinski definition) is 3. The molecule has 24 heavy (non-hydrogen) atoms. The summed E-state index contributed by atoms with van der Waals surface area (Å²) in [5, 5.41) is 6.61. The Hall–Kier alpha value is -2.43. The number of nitrogens with one attached hydrogen (secondary N) is 1. The van der Waals surface area contributed by atoms with Gasteiger partial charge in [-0.2, -0.15) is 0 Å². The number of rotatable bonds is 2. The molecule has 118 valence electrons. The molecule has 0 amide bonds. The Balaban J connectivity index is 1.94. The van der Waals surface area contributed by atoms with E-state index in [4.69, 9.17) is 23.2 Å². The van der Waals surface area contributed by atoms with Gasteiger partial charge in [-0.05, 0) is 53.9 Å². The lowest BCUT2D eigenvalue weighted by Crippen LogP contribution is -1.97. The van der Waals surface area contributed by atoms with Gasteiger partial charge >= 0.3 is 0 Å². The molecule has 6 heteroatoms. The zero-order chi connectivity index (χ0) is 16.7. The summed E-state index contributed by atoms with van der Waals surface area (Å²) in [6.07, 6.45) is 1.68. The van der Waals surface area contributed by atoms with Crippen LogP contribution in [-0.4, -0.2) is 9.97 Å². The quantitative estimate of drug-likeness (QED) is 0.449. The predicted octanol–water partition coefficient (Wildman–Crippen LogP) is 5.97. The minimum absolute atomic E-state index is 0.0475. The van der Waals surface area contributed by atoms with E-state index in [1.165, 1.54) is 12.1 Å². The van der Waals surface area contributed by atoms with Crippen molar-refractivity contribution in [2.75, 3.05) is 5.32 Å². The van der Waals surface area contributed by atoms with E-state index in [0.717, 1.165) is 16.2 Å². The summed E-state index contributed by atoms with van der Waals surface area (Å²) < 4.78 is 13.3. The first kappa shape index (κ1) is 15.1. The first-order chi connectivity index (χ1) is 11.6. The van der Waals surface area contributed by atoms with Gasteiger partial charge in [0.2, 0.25) is 0 Å². The highest BCUT2D eigenvalue weighted by Gasteiger charge is 2.10. The van der Waals surface area contributed by atoms with Gasteiger partial charge in [0.05, 0.1) is 5.02 Å². The van der Waals surface area contributed by atoms with Crippen LogP contribution in [0.3, 0.4) is 0 Å². The van der Waals surface area contributed by atoms with E-state index in [2.05, 4.69) is 15.3 Å². The molecule has 0 bridgehead atoms. The van der Waals surface area contributed by atoms with Crippen LogP contribution in [0.5, 0.6) is 0 Å².